The molecular weight excluding hydrogens is 252 g/mol. The Morgan fingerprint density at radius 2 is 2.05 bits per heavy atom. The number of aliphatic hydroxyl groups is 1. The van der Waals surface area contributed by atoms with Crippen LogP contribution in [-0.4, -0.2) is 48.4 Å². The summed E-state index contributed by atoms with van der Waals surface area (Å²) in [6, 6.07) is 8.47. The van der Waals surface area contributed by atoms with Crippen LogP contribution in [0.25, 0.3) is 0 Å². The molecule has 2 N–H and O–H groups in total. The predicted molar refractivity (Wildman–Crippen MR) is 82.4 cm³/mol. The number of ether oxygens (including phenoxy) is 1. The van der Waals surface area contributed by atoms with Crippen molar-refractivity contribution >= 4 is 5.69 Å². The maximum atomic E-state index is 9.84. The predicted octanol–water partition coefficient (Wildman–Crippen LogP) is 2.34. The third-order valence-corrected chi connectivity index (χ3v) is 4.27. The molecule has 2 rings (SSSR count). The Bertz CT molecular complexity index is 426. The maximum absolute atomic E-state index is 9.84. The molecule has 1 aliphatic heterocycles. The highest BCUT2D eigenvalue weighted by Gasteiger charge is 2.34. The number of hydrogen-bond acceptors (Lipinski definition) is 4. The molecule has 1 heterocycles. The summed E-state index contributed by atoms with van der Waals surface area (Å²) in [7, 11) is 1.67. The van der Waals surface area contributed by atoms with Gasteiger partial charge in [-0.25, -0.2) is 0 Å². The number of likely N-dealkylation sites (tertiary alicyclic amines) is 1. The van der Waals surface area contributed by atoms with E-state index >= 15 is 0 Å². The SMILES string of the molecule is COc1cccc(NC2(CO)CCN(C(C)C)CC2)c1. The molecule has 1 aromatic rings. The van der Waals surface area contributed by atoms with Gasteiger partial charge < -0.3 is 20.1 Å². The van der Waals surface area contributed by atoms with Crippen LogP contribution in [0.3, 0.4) is 0 Å². The van der Waals surface area contributed by atoms with Crippen LogP contribution in [0.4, 0.5) is 5.69 Å². The summed E-state index contributed by atoms with van der Waals surface area (Å²) in [5, 5.41) is 13.4. The lowest BCUT2D eigenvalue weighted by Gasteiger charge is -2.43. The van der Waals surface area contributed by atoms with E-state index in [1.807, 2.05) is 24.3 Å². The first-order valence-electron chi connectivity index (χ1n) is 7.36. The number of hydrogen-bond donors (Lipinski definition) is 2. The Morgan fingerprint density at radius 3 is 2.60 bits per heavy atom. The zero-order valence-electron chi connectivity index (χ0n) is 12.7. The summed E-state index contributed by atoms with van der Waals surface area (Å²) in [4.78, 5) is 2.46. The van der Waals surface area contributed by atoms with Crippen LogP contribution in [0.1, 0.15) is 26.7 Å². The molecule has 4 heteroatoms. The lowest BCUT2D eigenvalue weighted by atomic mass is 9.87. The summed E-state index contributed by atoms with van der Waals surface area (Å²) in [6.07, 6.45) is 1.91. The molecule has 0 unspecified atom stereocenters. The summed E-state index contributed by atoms with van der Waals surface area (Å²) >= 11 is 0. The highest BCUT2D eigenvalue weighted by atomic mass is 16.5. The first-order valence-corrected chi connectivity index (χ1v) is 7.36. The van der Waals surface area contributed by atoms with Gasteiger partial charge in [0.1, 0.15) is 5.75 Å². The van der Waals surface area contributed by atoms with Crippen LogP contribution >= 0.6 is 0 Å². The zero-order chi connectivity index (χ0) is 14.6. The van der Waals surface area contributed by atoms with Crippen molar-refractivity contribution in [3.63, 3.8) is 0 Å². The summed E-state index contributed by atoms with van der Waals surface area (Å²) in [5.74, 6) is 0.836. The van der Waals surface area contributed by atoms with Gasteiger partial charge in [-0.15, -0.1) is 0 Å². The van der Waals surface area contributed by atoms with Crippen molar-refractivity contribution in [3.05, 3.63) is 24.3 Å². The number of rotatable bonds is 5. The van der Waals surface area contributed by atoms with Gasteiger partial charge in [0.05, 0.1) is 19.3 Å². The van der Waals surface area contributed by atoms with E-state index in [9.17, 15) is 5.11 Å². The number of methoxy groups -OCH3 is 1. The van der Waals surface area contributed by atoms with E-state index in [4.69, 9.17) is 4.74 Å². The van der Waals surface area contributed by atoms with Crippen LogP contribution in [0.15, 0.2) is 24.3 Å². The number of nitrogens with one attached hydrogen (secondary N) is 1. The van der Waals surface area contributed by atoms with Gasteiger partial charge in [-0.05, 0) is 38.8 Å². The Hall–Kier alpha value is -1.26. The number of benzene rings is 1. The van der Waals surface area contributed by atoms with E-state index in [0.29, 0.717) is 6.04 Å². The van der Waals surface area contributed by atoms with Crippen molar-refractivity contribution in [1.82, 2.24) is 4.90 Å². The van der Waals surface area contributed by atoms with Gasteiger partial charge in [0.15, 0.2) is 0 Å². The van der Waals surface area contributed by atoms with Gasteiger partial charge in [-0.1, -0.05) is 6.07 Å². The minimum absolute atomic E-state index is 0.163. The molecule has 1 aliphatic rings. The van der Waals surface area contributed by atoms with Crippen LogP contribution in [0.5, 0.6) is 5.75 Å². The molecule has 4 nitrogen and oxygen atoms in total. The Labute approximate surface area is 121 Å². The largest absolute Gasteiger partial charge is 0.497 e. The standard InChI is InChI=1S/C16H26N2O2/c1-13(2)18-9-7-16(12-19,8-10-18)17-14-5-4-6-15(11-14)20-3/h4-6,11,13,17,19H,7-10,12H2,1-3H3. The van der Waals surface area contributed by atoms with Crippen LogP contribution in [0.2, 0.25) is 0 Å². The van der Waals surface area contributed by atoms with Crippen LogP contribution in [0, 0.1) is 0 Å². The molecule has 20 heavy (non-hydrogen) atoms. The van der Waals surface area contributed by atoms with Crippen molar-refractivity contribution < 1.29 is 9.84 Å². The number of piperidine rings is 1. The number of nitrogens with zero attached hydrogens (tertiary/aromatic N) is 1. The lowest BCUT2D eigenvalue weighted by Crippen LogP contribution is -2.53. The Kier molecular flexibility index (Phi) is 4.89. The van der Waals surface area contributed by atoms with Gasteiger partial charge in [-0.3, -0.25) is 0 Å². The average molecular weight is 278 g/mol. The topological polar surface area (TPSA) is 44.7 Å². The molecule has 0 aromatic heterocycles. The summed E-state index contributed by atoms with van der Waals surface area (Å²) in [5.41, 5.74) is 0.800. The lowest BCUT2D eigenvalue weighted by molar-refractivity contribution is 0.101. The fraction of sp³-hybridized carbons (Fsp3) is 0.625. The molecule has 0 spiro atoms. The van der Waals surface area contributed by atoms with E-state index in [-0.39, 0.29) is 12.1 Å². The maximum Gasteiger partial charge on any atom is 0.120 e. The highest BCUT2D eigenvalue weighted by molar-refractivity contribution is 5.50. The molecular formula is C16H26N2O2. The number of aliphatic hydroxyl groups excluding tert-OH is 1. The Morgan fingerprint density at radius 1 is 1.35 bits per heavy atom. The minimum atomic E-state index is -0.211. The monoisotopic (exact) mass is 278 g/mol. The smallest absolute Gasteiger partial charge is 0.120 e. The van der Waals surface area contributed by atoms with Crippen molar-refractivity contribution in [2.45, 2.75) is 38.3 Å². The zero-order valence-corrected chi connectivity index (χ0v) is 12.7. The fourth-order valence-electron chi connectivity index (χ4n) is 2.80. The van der Waals surface area contributed by atoms with E-state index in [1.54, 1.807) is 7.11 Å². The van der Waals surface area contributed by atoms with Gasteiger partial charge in [0.2, 0.25) is 0 Å². The Balaban J connectivity index is 2.05. The van der Waals surface area contributed by atoms with Crippen LogP contribution < -0.4 is 10.1 Å². The van der Waals surface area contributed by atoms with Gasteiger partial charge in [0.25, 0.3) is 0 Å². The van der Waals surface area contributed by atoms with Crippen molar-refractivity contribution in [3.8, 4) is 5.75 Å². The molecule has 1 aromatic carbocycles. The van der Waals surface area contributed by atoms with E-state index in [0.717, 1.165) is 37.4 Å². The molecule has 1 fully saturated rings. The van der Waals surface area contributed by atoms with Crippen LogP contribution in [-0.2, 0) is 0 Å². The molecule has 0 atom stereocenters. The van der Waals surface area contributed by atoms with E-state index < -0.39 is 0 Å². The second-order valence-corrected chi connectivity index (χ2v) is 5.93. The molecule has 0 bridgehead atoms. The molecule has 0 aliphatic carbocycles. The van der Waals surface area contributed by atoms with Crippen molar-refractivity contribution in [2.24, 2.45) is 0 Å². The van der Waals surface area contributed by atoms with Gasteiger partial charge in [-0.2, -0.15) is 0 Å². The summed E-state index contributed by atoms with van der Waals surface area (Å²) in [6.45, 7) is 6.66. The van der Waals surface area contributed by atoms with E-state index in [1.165, 1.54) is 0 Å². The second-order valence-electron chi connectivity index (χ2n) is 5.93. The molecule has 0 amide bonds. The second kappa shape index (κ2) is 6.46. The fourth-order valence-corrected chi connectivity index (χ4v) is 2.80. The minimum Gasteiger partial charge on any atom is -0.497 e. The third kappa shape index (κ3) is 3.44. The summed E-state index contributed by atoms with van der Waals surface area (Å²) < 4.78 is 5.25. The molecule has 0 radical (unpaired) electrons. The molecule has 112 valence electrons. The number of anilines is 1. The normalized spacial score (nSPS) is 19.1. The molecule has 1 saturated heterocycles. The van der Waals surface area contributed by atoms with Crippen molar-refractivity contribution in [2.75, 3.05) is 32.1 Å². The molecule has 0 saturated carbocycles. The van der Waals surface area contributed by atoms with Crippen molar-refractivity contribution in [1.29, 1.82) is 0 Å². The first-order chi connectivity index (χ1) is 9.58. The van der Waals surface area contributed by atoms with Gasteiger partial charge >= 0.3 is 0 Å². The first kappa shape index (κ1) is 15.1. The van der Waals surface area contributed by atoms with Gasteiger partial charge in [0, 0.05) is 30.9 Å². The highest BCUT2D eigenvalue weighted by Crippen LogP contribution is 2.29. The third-order valence-electron chi connectivity index (χ3n) is 4.27. The van der Waals surface area contributed by atoms with E-state index in [2.05, 4.69) is 24.1 Å². The average Bonchev–Trinajstić information content (AvgIpc) is 2.48. The quantitative estimate of drug-likeness (QED) is 0.868.